The molecule has 2 fully saturated rings. The Balaban J connectivity index is 1.02. The third kappa shape index (κ3) is 8.65. The van der Waals surface area contributed by atoms with Crippen molar-refractivity contribution >= 4 is 29.0 Å². The van der Waals surface area contributed by atoms with Crippen LogP contribution in [0.15, 0.2) is 67.1 Å². The van der Waals surface area contributed by atoms with Gasteiger partial charge in [-0.05, 0) is 67.3 Å². The van der Waals surface area contributed by atoms with Crippen molar-refractivity contribution in [3.8, 4) is 33.6 Å². The van der Waals surface area contributed by atoms with Gasteiger partial charge < -0.3 is 35.0 Å². The number of carbonyl (C=O) groups is 3. The van der Waals surface area contributed by atoms with E-state index in [4.69, 9.17) is 24.4 Å². The highest BCUT2D eigenvalue weighted by Gasteiger charge is 2.37. The average Bonchev–Trinajstić information content (AvgIpc) is 4.06. The number of rotatable bonds is 12. The molecule has 0 saturated carbocycles. The second-order valence-electron chi connectivity index (χ2n) is 15.8. The van der Waals surface area contributed by atoms with Crippen LogP contribution in [0.2, 0.25) is 0 Å². The molecular formula is C43H53N9O5. The van der Waals surface area contributed by atoms with Gasteiger partial charge in [0.15, 0.2) is 0 Å². The second kappa shape index (κ2) is 17.2. The molecule has 4 N–H and O–H groups in total. The summed E-state index contributed by atoms with van der Waals surface area (Å²) in [5.41, 5.74) is 6.75. The van der Waals surface area contributed by atoms with Crippen molar-refractivity contribution in [3.63, 3.8) is 0 Å². The molecule has 0 radical (unpaired) electrons. The zero-order valence-electron chi connectivity index (χ0n) is 33.5. The Labute approximate surface area is 333 Å². The van der Waals surface area contributed by atoms with Gasteiger partial charge in [0.05, 0.1) is 55.6 Å². The van der Waals surface area contributed by atoms with Crippen molar-refractivity contribution in [2.45, 2.75) is 77.5 Å². The molecule has 14 nitrogen and oxygen atoms in total. The molecule has 0 aliphatic carbocycles. The summed E-state index contributed by atoms with van der Waals surface area (Å²) in [5, 5.41) is 6.72. The molecule has 3 amide bonds. The molecule has 2 saturated heterocycles. The lowest BCUT2D eigenvalue weighted by Gasteiger charge is -2.30. The van der Waals surface area contributed by atoms with Crippen molar-refractivity contribution in [1.82, 2.24) is 45.4 Å². The quantitative estimate of drug-likeness (QED) is 0.102. The molecule has 2 aliphatic heterocycles. The maximum Gasteiger partial charge on any atom is 0.407 e. The zero-order chi connectivity index (χ0) is 40.2. The van der Waals surface area contributed by atoms with Crippen molar-refractivity contribution in [3.05, 3.63) is 78.8 Å². The summed E-state index contributed by atoms with van der Waals surface area (Å²) in [5.74, 6) is 1.69. The van der Waals surface area contributed by atoms with E-state index >= 15 is 0 Å². The van der Waals surface area contributed by atoms with E-state index in [0.717, 1.165) is 95.0 Å². The van der Waals surface area contributed by atoms with Crippen LogP contribution in [0, 0.1) is 11.8 Å². The van der Waals surface area contributed by atoms with E-state index < -0.39 is 18.2 Å². The summed E-state index contributed by atoms with van der Waals surface area (Å²) in [6.07, 6.45) is 8.30. The highest BCUT2D eigenvalue weighted by Crippen LogP contribution is 2.35. The van der Waals surface area contributed by atoms with Crippen LogP contribution in [0.3, 0.4) is 0 Å². The fourth-order valence-corrected chi connectivity index (χ4v) is 8.03. The number of nitrogens with one attached hydrogen (secondary N) is 4. The molecule has 5 aromatic rings. The monoisotopic (exact) mass is 775 g/mol. The number of ether oxygens (including phenoxy) is 2. The summed E-state index contributed by atoms with van der Waals surface area (Å²) in [6, 6.07) is 16.0. The Kier molecular flexibility index (Phi) is 11.9. The highest BCUT2D eigenvalue weighted by atomic mass is 16.5. The van der Waals surface area contributed by atoms with E-state index in [9.17, 15) is 14.4 Å². The van der Waals surface area contributed by atoms with Crippen LogP contribution in [0.1, 0.15) is 77.1 Å². The minimum absolute atomic E-state index is 0.0205. The average molecular weight is 776 g/mol. The van der Waals surface area contributed by atoms with Gasteiger partial charge in [0, 0.05) is 41.8 Å². The predicted molar refractivity (Wildman–Crippen MR) is 218 cm³/mol. The fourth-order valence-electron chi connectivity index (χ4n) is 8.03. The summed E-state index contributed by atoms with van der Waals surface area (Å²) in [6.45, 7) is 10.3. The Hall–Kier alpha value is -5.76. The molecule has 0 spiro atoms. The lowest BCUT2D eigenvalue weighted by atomic mass is 10.0. The van der Waals surface area contributed by atoms with Crippen molar-refractivity contribution in [2.24, 2.45) is 11.8 Å². The van der Waals surface area contributed by atoms with Gasteiger partial charge in [0.25, 0.3) is 0 Å². The van der Waals surface area contributed by atoms with E-state index in [0.29, 0.717) is 6.54 Å². The molecule has 0 bridgehead atoms. The van der Waals surface area contributed by atoms with Gasteiger partial charge in [-0.2, -0.15) is 0 Å². The number of aromatic nitrogens is 5. The van der Waals surface area contributed by atoms with Gasteiger partial charge in [0.2, 0.25) is 5.91 Å². The van der Waals surface area contributed by atoms with Gasteiger partial charge in [-0.25, -0.2) is 19.6 Å². The zero-order valence-corrected chi connectivity index (χ0v) is 33.5. The maximum absolute atomic E-state index is 13.6. The Morgan fingerprint density at radius 1 is 0.719 bits per heavy atom. The van der Waals surface area contributed by atoms with Crippen LogP contribution in [0.4, 0.5) is 9.59 Å². The number of aromatic amines is 2. The molecule has 300 valence electrons. The first-order chi connectivity index (χ1) is 27.5. The minimum atomic E-state index is -0.686. The first-order valence-corrected chi connectivity index (χ1v) is 19.9. The van der Waals surface area contributed by atoms with E-state index in [1.807, 2.05) is 37.2 Å². The summed E-state index contributed by atoms with van der Waals surface area (Å²) < 4.78 is 9.63. The number of hydrogen-bond acceptors (Lipinski definition) is 9. The molecule has 7 rings (SSSR count). The number of amides is 3. The summed E-state index contributed by atoms with van der Waals surface area (Å²) >= 11 is 0. The topological polar surface area (TPSA) is 170 Å². The van der Waals surface area contributed by atoms with Gasteiger partial charge >= 0.3 is 12.2 Å². The number of pyridine rings is 1. The molecule has 5 heterocycles. The first kappa shape index (κ1) is 39.5. The van der Waals surface area contributed by atoms with Crippen LogP contribution < -0.4 is 10.6 Å². The number of alkyl carbamates (subject to hydrolysis) is 2. The Bertz CT molecular complexity index is 2200. The smallest absolute Gasteiger partial charge is 0.407 e. The maximum atomic E-state index is 13.6. The van der Waals surface area contributed by atoms with Crippen molar-refractivity contribution < 1.29 is 23.9 Å². The number of likely N-dealkylation sites (tertiary alicyclic amines) is 2. The lowest BCUT2D eigenvalue weighted by Crippen LogP contribution is -2.51. The number of carbonyl (C=O) groups excluding carboxylic acids is 3. The van der Waals surface area contributed by atoms with Crippen molar-refractivity contribution in [2.75, 3.05) is 33.9 Å². The standard InChI is InChI=1S/C43H53N9O5/c1-25(2)35(49-42(54)56-5)24-51-17-7-9-36(51)39-45-22-33(47-39)28-13-11-27(12-14-28)31-19-29-15-16-30(20-32(29)44-21-31)34-23-46-40(48-34)37-10-8-18-52(37)41(53)38(26(3)4)50-43(55)57-6/h11-16,19-23,25-26,35-38H,7-10,17-18,24H2,1-6H3,(H,45,47)(H,46,48)(H,49,54)(H,50,55). The number of methoxy groups -OCH3 is 2. The molecular weight excluding hydrogens is 723 g/mol. The van der Waals surface area contributed by atoms with Crippen LogP contribution in [0.25, 0.3) is 44.5 Å². The first-order valence-electron chi connectivity index (χ1n) is 19.9. The normalized spacial score (nSPS) is 18.3. The molecule has 14 heteroatoms. The van der Waals surface area contributed by atoms with Crippen LogP contribution in [0.5, 0.6) is 0 Å². The van der Waals surface area contributed by atoms with E-state index in [-0.39, 0.29) is 35.9 Å². The fraction of sp³-hybridized carbons (Fsp3) is 0.442. The number of fused-ring (bicyclic) bond motifs is 1. The minimum Gasteiger partial charge on any atom is -0.453 e. The highest BCUT2D eigenvalue weighted by molar-refractivity contribution is 5.88. The Morgan fingerprint density at radius 2 is 1.33 bits per heavy atom. The number of nitrogens with zero attached hydrogens (tertiary/aromatic N) is 5. The summed E-state index contributed by atoms with van der Waals surface area (Å²) in [4.78, 5) is 63.1. The molecule has 4 atom stereocenters. The van der Waals surface area contributed by atoms with Gasteiger partial charge in [-0.1, -0.05) is 64.1 Å². The van der Waals surface area contributed by atoms with Crippen LogP contribution >= 0.6 is 0 Å². The van der Waals surface area contributed by atoms with Crippen LogP contribution in [-0.4, -0.2) is 98.8 Å². The molecule has 3 aromatic heterocycles. The molecule has 2 aliphatic rings. The number of imidazole rings is 2. The van der Waals surface area contributed by atoms with Gasteiger partial charge in [-0.3, -0.25) is 14.7 Å². The third-order valence-electron chi connectivity index (χ3n) is 11.4. The van der Waals surface area contributed by atoms with E-state index in [1.165, 1.54) is 14.2 Å². The van der Waals surface area contributed by atoms with E-state index in [2.05, 4.69) is 81.8 Å². The van der Waals surface area contributed by atoms with E-state index in [1.54, 1.807) is 6.20 Å². The second-order valence-corrected chi connectivity index (χ2v) is 15.8. The SMILES string of the molecule is COC(=O)NC(CN1CCCC1c1ncc(-c2ccc(-c3cnc4cc(-c5cnc(C6CCCN6C(=O)C(NC(=O)OC)C(C)C)[nH]5)ccc4c3)cc2)[nH]1)C(C)C. The largest absolute Gasteiger partial charge is 0.453 e. The van der Waals surface area contributed by atoms with Gasteiger partial charge in [0.1, 0.15) is 17.7 Å². The number of benzene rings is 2. The molecule has 57 heavy (non-hydrogen) atoms. The third-order valence-corrected chi connectivity index (χ3v) is 11.4. The molecule has 2 aromatic carbocycles. The van der Waals surface area contributed by atoms with Gasteiger partial charge in [-0.15, -0.1) is 0 Å². The summed E-state index contributed by atoms with van der Waals surface area (Å²) in [7, 11) is 2.69. The number of H-pyrrole nitrogens is 2. The predicted octanol–water partition coefficient (Wildman–Crippen LogP) is 7.24. The molecule has 4 unspecified atom stereocenters. The van der Waals surface area contributed by atoms with Crippen molar-refractivity contribution in [1.29, 1.82) is 0 Å². The number of hydrogen-bond donors (Lipinski definition) is 4. The Morgan fingerprint density at radius 3 is 2.02 bits per heavy atom. The lowest BCUT2D eigenvalue weighted by molar-refractivity contribution is -0.135. The van der Waals surface area contributed by atoms with Crippen LogP contribution in [-0.2, 0) is 14.3 Å².